The van der Waals surface area contributed by atoms with Crippen LogP contribution in [-0.4, -0.2) is 48.0 Å². The first kappa shape index (κ1) is 23.5. The van der Waals surface area contributed by atoms with Crippen LogP contribution < -0.4 is 15.5 Å². The van der Waals surface area contributed by atoms with Crippen molar-refractivity contribution in [3.63, 3.8) is 0 Å². The summed E-state index contributed by atoms with van der Waals surface area (Å²) in [7, 11) is 0. The summed E-state index contributed by atoms with van der Waals surface area (Å²) >= 11 is 6.01. The predicted octanol–water partition coefficient (Wildman–Crippen LogP) is 3.88. The molecule has 0 spiro atoms. The minimum absolute atomic E-state index is 0.0238. The number of aliphatic hydroxyl groups excluding tert-OH is 1. The number of benzene rings is 2. The monoisotopic (exact) mass is 450 g/mol. The van der Waals surface area contributed by atoms with E-state index in [1.807, 2.05) is 24.3 Å². The van der Waals surface area contributed by atoms with Crippen LogP contribution in [0, 0.1) is 5.82 Å². The largest absolute Gasteiger partial charge is 0.489 e. The number of anilines is 1. The fourth-order valence-corrected chi connectivity index (χ4v) is 4.01. The van der Waals surface area contributed by atoms with Crippen LogP contribution in [-0.2, 0) is 11.3 Å². The summed E-state index contributed by atoms with van der Waals surface area (Å²) in [6.07, 6.45) is 2.66. The highest BCUT2D eigenvalue weighted by molar-refractivity contribution is 6.30. The van der Waals surface area contributed by atoms with Gasteiger partial charge in [0.2, 0.25) is 5.91 Å². The number of amides is 1. The van der Waals surface area contributed by atoms with Gasteiger partial charge in [-0.05, 0) is 43.5 Å². The van der Waals surface area contributed by atoms with Crippen molar-refractivity contribution in [3.05, 3.63) is 58.9 Å². The molecule has 6 nitrogen and oxygen atoms in total. The SMILES string of the molecule is CC(=O)Nc1ccc(F)cc1OCC(O)CN[N+]1(Cc2ccc(Cl)cc2)CCCCC1. The van der Waals surface area contributed by atoms with Crippen molar-refractivity contribution in [2.75, 3.05) is 31.6 Å². The average Bonchev–Trinajstić information content (AvgIpc) is 2.74. The van der Waals surface area contributed by atoms with E-state index in [2.05, 4.69) is 10.7 Å². The summed E-state index contributed by atoms with van der Waals surface area (Å²) in [5.41, 5.74) is 5.08. The fraction of sp³-hybridized carbons (Fsp3) is 0.435. The average molecular weight is 451 g/mol. The molecule has 2 aromatic carbocycles. The van der Waals surface area contributed by atoms with Gasteiger partial charge in [-0.15, -0.1) is 0 Å². The predicted molar refractivity (Wildman–Crippen MR) is 119 cm³/mol. The Kier molecular flexibility index (Phi) is 8.26. The van der Waals surface area contributed by atoms with Crippen LogP contribution in [0.1, 0.15) is 31.7 Å². The first-order chi connectivity index (χ1) is 14.8. The second kappa shape index (κ2) is 10.9. The summed E-state index contributed by atoms with van der Waals surface area (Å²) in [4.78, 5) is 11.3. The first-order valence-electron chi connectivity index (χ1n) is 10.6. The number of carbonyl (C=O) groups is 1. The maximum atomic E-state index is 13.6. The molecule has 0 radical (unpaired) electrons. The Balaban J connectivity index is 1.59. The molecule has 0 saturated carbocycles. The van der Waals surface area contributed by atoms with Crippen molar-refractivity contribution < 1.29 is 23.6 Å². The van der Waals surface area contributed by atoms with Gasteiger partial charge in [0.25, 0.3) is 0 Å². The van der Waals surface area contributed by atoms with Gasteiger partial charge in [0.15, 0.2) is 0 Å². The molecule has 1 atom stereocenters. The van der Waals surface area contributed by atoms with E-state index >= 15 is 0 Å². The van der Waals surface area contributed by atoms with Crippen molar-refractivity contribution in [2.45, 2.75) is 38.8 Å². The number of piperidine rings is 1. The Morgan fingerprint density at radius 3 is 2.58 bits per heavy atom. The van der Waals surface area contributed by atoms with Crippen LogP contribution in [0.3, 0.4) is 0 Å². The number of rotatable bonds is 9. The molecule has 1 fully saturated rings. The fourth-order valence-electron chi connectivity index (χ4n) is 3.88. The standard InChI is InChI=1S/C23H29ClFN3O3/c1-17(29)27-22-10-9-20(25)13-23(22)31-16-21(30)14-26-28(11-3-2-4-12-28)15-18-5-7-19(24)8-6-18/h5-10,13,21,26,30H,2-4,11-12,14-16H2,1H3/p+1. The minimum atomic E-state index is -0.796. The number of ether oxygens (including phenoxy) is 1. The van der Waals surface area contributed by atoms with E-state index in [0.717, 1.165) is 32.5 Å². The molecule has 3 N–H and O–H groups in total. The second-order valence-electron chi connectivity index (χ2n) is 8.09. The van der Waals surface area contributed by atoms with Crippen LogP contribution in [0.5, 0.6) is 5.75 Å². The number of likely N-dealkylation sites (tertiary alicyclic amines) is 1. The molecule has 31 heavy (non-hydrogen) atoms. The first-order valence-corrected chi connectivity index (χ1v) is 11.0. The molecule has 1 heterocycles. The van der Waals surface area contributed by atoms with Crippen molar-refractivity contribution >= 4 is 23.2 Å². The van der Waals surface area contributed by atoms with E-state index in [1.54, 1.807) is 0 Å². The maximum Gasteiger partial charge on any atom is 0.221 e. The number of aliphatic hydroxyl groups is 1. The number of nitrogens with one attached hydrogen (secondary N) is 2. The van der Waals surface area contributed by atoms with Gasteiger partial charge in [-0.25, -0.2) is 8.98 Å². The lowest BCUT2D eigenvalue weighted by Gasteiger charge is -2.41. The van der Waals surface area contributed by atoms with Crippen molar-refractivity contribution in [3.8, 4) is 5.75 Å². The molecule has 8 heteroatoms. The third kappa shape index (κ3) is 7.18. The molecule has 0 aliphatic carbocycles. The highest BCUT2D eigenvalue weighted by Crippen LogP contribution is 2.26. The molecule has 3 rings (SSSR count). The van der Waals surface area contributed by atoms with E-state index in [0.29, 0.717) is 21.8 Å². The number of halogens is 2. The normalized spacial score (nSPS) is 16.5. The van der Waals surface area contributed by atoms with Crippen molar-refractivity contribution in [2.24, 2.45) is 0 Å². The van der Waals surface area contributed by atoms with Gasteiger partial charge in [-0.1, -0.05) is 23.7 Å². The molecule has 1 amide bonds. The van der Waals surface area contributed by atoms with Crippen molar-refractivity contribution in [1.29, 1.82) is 0 Å². The molecule has 0 aromatic heterocycles. The third-order valence-electron chi connectivity index (χ3n) is 5.42. The van der Waals surface area contributed by atoms with Crippen molar-refractivity contribution in [1.82, 2.24) is 5.43 Å². The number of nitrogens with zero attached hydrogens (tertiary/aromatic N) is 1. The highest BCUT2D eigenvalue weighted by Gasteiger charge is 2.31. The zero-order valence-corrected chi connectivity index (χ0v) is 18.5. The van der Waals surface area contributed by atoms with Gasteiger partial charge < -0.3 is 15.2 Å². The van der Waals surface area contributed by atoms with E-state index in [9.17, 15) is 14.3 Å². The number of carbonyl (C=O) groups excluding carboxylic acids is 1. The Labute approximate surface area is 187 Å². The maximum absolute atomic E-state index is 13.6. The smallest absolute Gasteiger partial charge is 0.221 e. The van der Waals surface area contributed by atoms with E-state index < -0.39 is 11.9 Å². The minimum Gasteiger partial charge on any atom is -0.489 e. The topological polar surface area (TPSA) is 70.6 Å². The zero-order chi connectivity index (χ0) is 22.3. The molecule has 1 aliphatic heterocycles. The second-order valence-corrected chi connectivity index (χ2v) is 8.52. The molecule has 2 aromatic rings. The van der Waals surface area contributed by atoms with Crippen LogP contribution in [0.25, 0.3) is 0 Å². The number of hydrogen-bond acceptors (Lipinski definition) is 4. The van der Waals surface area contributed by atoms with Crippen LogP contribution >= 0.6 is 11.6 Å². The van der Waals surface area contributed by atoms with E-state index in [-0.39, 0.29) is 18.3 Å². The summed E-state index contributed by atoms with van der Waals surface area (Å²) in [5.74, 6) is -0.563. The Hall–Kier alpha value is -2.19. The Morgan fingerprint density at radius 1 is 1.19 bits per heavy atom. The number of hydrogen-bond donors (Lipinski definition) is 3. The van der Waals surface area contributed by atoms with Gasteiger partial charge in [0.1, 0.15) is 30.8 Å². The molecule has 0 bridgehead atoms. The lowest BCUT2D eigenvalue weighted by Crippen LogP contribution is -2.61. The van der Waals surface area contributed by atoms with Gasteiger partial charge in [-0.2, -0.15) is 5.43 Å². The molecular weight excluding hydrogens is 421 g/mol. The zero-order valence-electron chi connectivity index (χ0n) is 17.7. The quantitative estimate of drug-likeness (QED) is 0.507. The van der Waals surface area contributed by atoms with Crippen LogP contribution in [0.15, 0.2) is 42.5 Å². The lowest BCUT2D eigenvalue weighted by atomic mass is 10.1. The lowest BCUT2D eigenvalue weighted by molar-refractivity contribution is -0.986. The van der Waals surface area contributed by atoms with E-state index in [4.69, 9.17) is 16.3 Å². The Bertz CT molecular complexity index is 873. The molecular formula is C23H30ClFN3O3+. The van der Waals surface area contributed by atoms with E-state index in [1.165, 1.54) is 37.1 Å². The molecule has 1 saturated heterocycles. The van der Waals surface area contributed by atoms with Crippen LogP contribution in [0.2, 0.25) is 5.02 Å². The highest BCUT2D eigenvalue weighted by atomic mass is 35.5. The third-order valence-corrected chi connectivity index (χ3v) is 5.67. The summed E-state index contributed by atoms with van der Waals surface area (Å²) in [5, 5.41) is 13.8. The summed E-state index contributed by atoms with van der Waals surface area (Å²) in [6, 6.07) is 11.7. The van der Waals surface area contributed by atoms with Gasteiger partial charge in [0.05, 0.1) is 25.3 Å². The summed E-state index contributed by atoms with van der Waals surface area (Å²) in [6.45, 7) is 4.44. The molecule has 1 unspecified atom stereocenters. The Morgan fingerprint density at radius 2 is 1.90 bits per heavy atom. The van der Waals surface area contributed by atoms with Gasteiger partial charge >= 0.3 is 0 Å². The van der Waals surface area contributed by atoms with Gasteiger partial charge in [-0.3, -0.25) is 4.79 Å². The molecule has 168 valence electrons. The van der Waals surface area contributed by atoms with Crippen LogP contribution in [0.4, 0.5) is 10.1 Å². The molecule has 1 aliphatic rings. The summed E-state index contributed by atoms with van der Waals surface area (Å²) < 4.78 is 19.9. The number of quaternary nitrogens is 1. The van der Waals surface area contributed by atoms with Gasteiger partial charge in [0, 0.05) is 23.6 Å².